The van der Waals surface area contributed by atoms with Crippen LogP contribution in [0.15, 0.2) is 52.8 Å². The molecule has 1 aliphatic carbocycles. The van der Waals surface area contributed by atoms with Crippen molar-refractivity contribution in [2.75, 3.05) is 26.6 Å². The fourth-order valence-corrected chi connectivity index (χ4v) is 5.57. The van der Waals surface area contributed by atoms with Crippen LogP contribution in [0.5, 0.6) is 17.2 Å². The summed E-state index contributed by atoms with van der Waals surface area (Å²) in [6.07, 6.45) is 2.10. The second-order valence-electron chi connectivity index (χ2n) is 8.52. The molecule has 35 heavy (non-hydrogen) atoms. The van der Waals surface area contributed by atoms with Crippen LogP contribution in [0.2, 0.25) is 0 Å². The molecule has 182 valence electrons. The highest BCUT2D eigenvalue weighted by atomic mass is 32.2. The predicted octanol–water partition coefficient (Wildman–Crippen LogP) is 4.93. The van der Waals surface area contributed by atoms with Crippen molar-refractivity contribution in [2.45, 2.75) is 43.1 Å². The Kier molecular flexibility index (Phi) is 6.42. The number of aryl methyl sites for hydroxylation is 1. The number of methoxy groups -OCH3 is 3. The second-order valence-corrected chi connectivity index (χ2v) is 9.47. The van der Waals surface area contributed by atoms with Gasteiger partial charge in [0.25, 0.3) is 0 Å². The van der Waals surface area contributed by atoms with Crippen molar-refractivity contribution < 1.29 is 19.0 Å². The van der Waals surface area contributed by atoms with Gasteiger partial charge in [-0.2, -0.15) is 4.98 Å². The van der Waals surface area contributed by atoms with Crippen LogP contribution in [0.25, 0.3) is 0 Å². The van der Waals surface area contributed by atoms with Crippen molar-refractivity contribution in [1.29, 1.82) is 0 Å². The number of carbonyl (C=O) groups is 1. The van der Waals surface area contributed by atoms with Gasteiger partial charge in [-0.15, -0.1) is 5.10 Å². The van der Waals surface area contributed by atoms with Crippen LogP contribution in [-0.2, 0) is 10.5 Å². The Morgan fingerprint density at radius 1 is 1.06 bits per heavy atom. The molecule has 0 bridgehead atoms. The number of anilines is 1. The van der Waals surface area contributed by atoms with Gasteiger partial charge in [-0.3, -0.25) is 4.79 Å². The third-order valence-corrected chi connectivity index (χ3v) is 7.38. The van der Waals surface area contributed by atoms with Crippen molar-refractivity contribution in [3.8, 4) is 17.2 Å². The number of hydrogen-bond acceptors (Lipinski definition) is 8. The van der Waals surface area contributed by atoms with E-state index in [-0.39, 0.29) is 5.78 Å². The van der Waals surface area contributed by atoms with E-state index in [1.807, 2.05) is 18.2 Å². The van der Waals surface area contributed by atoms with Gasteiger partial charge in [0, 0.05) is 35.1 Å². The van der Waals surface area contributed by atoms with Gasteiger partial charge in [0.2, 0.25) is 11.1 Å². The van der Waals surface area contributed by atoms with Crippen molar-refractivity contribution in [1.82, 2.24) is 14.8 Å². The van der Waals surface area contributed by atoms with Crippen molar-refractivity contribution in [2.24, 2.45) is 0 Å². The minimum Gasteiger partial charge on any atom is -0.496 e. The maximum absolute atomic E-state index is 13.2. The van der Waals surface area contributed by atoms with E-state index in [0.29, 0.717) is 40.3 Å². The zero-order valence-corrected chi connectivity index (χ0v) is 21.1. The molecule has 1 N–H and O–H groups in total. The molecular weight excluding hydrogens is 464 g/mol. The van der Waals surface area contributed by atoms with E-state index < -0.39 is 6.04 Å². The molecule has 2 aromatic carbocycles. The minimum atomic E-state index is -0.482. The lowest BCUT2D eigenvalue weighted by Crippen LogP contribution is -2.31. The summed E-state index contributed by atoms with van der Waals surface area (Å²) in [5.41, 5.74) is 4.85. The van der Waals surface area contributed by atoms with E-state index in [2.05, 4.69) is 24.4 Å². The molecule has 0 spiro atoms. The van der Waals surface area contributed by atoms with Gasteiger partial charge in [0.05, 0.1) is 21.3 Å². The monoisotopic (exact) mass is 492 g/mol. The standard InChI is InChI=1S/C26H28N4O4S/c1-15-8-5-6-9-16(15)14-35-26-28-25-27-18-10-7-11-19(31)23(18)24(30(25)29-26)17-12-21(33-3)22(34-4)13-20(17)32-2/h5-6,8-9,12-13,24H,7,10-11,14H2,1-4H3,(H,27,28,29). The first kappa shape index (κ1) is 23.3. The number of allylic oxidation sites excluding steroid dienone is 2. The lowest BCUT2D eigenvalue weighted by molar-refractivity contribution is -0.116. The molecular formula is C26H28N4O4S. The molecule has 2 aliphatic rings. The molecule has 0 saturated carbocycles. The average Bonchev–Trinajstić information content (AvgIpc) is 3.28. The summed E-state index contributed by atoms with van der Waals surface area (Å²) in [6.45, 7) is 2.10. The van der Waals surface area contributed by atoms with E-state index in [9.17, 15) is 4.79 Å². The summed E-state index contributed by atoms with van der Waals surface area (Å²) in [4.78, 5) is 18.0. The van der Waals surface area contributed by atoms with Gasteiger partial charge in [0.1, 0.15) is 11.8 Å². The van der Waals surface area contributed by atoms with Gasteiger partial charge in [-0.1, -0.05) is 36.0 Å². The van der Waals surface area contributed by atoms with E-state index in [1.165, 1.54) is 11.1 Å². The van der Waals surface area contributed by atoms with Crippen LogP contribution in [0.3, 0.4) is 0 Å². The molecule has 1 aliphatic heterocycles. The van der Waals surface area contributed by atoms with E-state index in [4.69, 9.17) is 24.3 Å². The zero-order valence-electron chi connectivity index (χ0n) is 20.3. The summed E-state index contributed by atoms with van der Waals surface area (Å²) >= 11 is 1.57. The zero-order chi connectivity index (χ0) is 24.5. The Morgan fingerprint density at radius 2 is 1.80 bits per heavy atom. The van der Waals surface area contributed by atoms with Gasteiger partial charge >= 0.3 is 0 Å². The highest BCUT2D eigenvalue weighted by Gasteiger charge is 2.38. The molecule has 9 heteroatoms. The number of nitrogens with one attached hydrogen (secondary N) is 1. The number of Topliss-reactive ketones (excluding diaryl/α,β-unsaturated/α-hetero) is 1. The van der Waals surface area contributed by atoms with Gasteiger partial charge in [-0.25, -0.2) is 4.68 Å². The Hall–Kier alpha value is -3.46. The molecule has 0 fully saturated rings. The number of carbonyl (C=O) groups excluding carboxylic acids is 1. The normalized spacial score (nSPS) is 16.9. The summed E-state index contributed by atoms with van der Waals surface area (Å²) in [7, 11) is 4.78. The smallest absolute Gasteiger partial charge is 0.227 e. The molecule has 5 rings (SSSR count). The minimum absolute atomic E-state index is 0.107. The average molecular weight is 493 g/mol. The number of nitrogens with zero attached hydrogens (tertiary/aromatic N) is 3. The van der Waals surface area contributed by atoms with Crippen LogP contribution < -0.4 is 19.5 Å². The summed E-state index contributed by atoms with van der Waals surface area (Å²) in [6, 6.07) is 11.5. The third kappa shape index (κ3) is 4.25. The first-order valence-corrected chi connectivity index (χ1v) is 12.5. The SMILES string of the molecule is COc1cc(OC)c(C2C3=C(CCCC3=O)Nc3nc(SCc4ccccc4C)nn32)cc1OC. The number of ketones is 1. The Labute approximate surface area is 208 Å². The van der Waals surface area contributed by atoms with Gasteiger partial charge in [-0.05, 0) is 37.0 Å². The number of rotatable bonds is 7. The van der Waals surface area contributed by atoms with Crippen LogP contribution in [0.4, 0.5) is 5.95 Å². The van der Waals surface area contributed by atoms with Gasteiger partial charge < -0.3 is 19.5 Å². The number of ether oxygens (including phenoxy) is 3. The van der Waals surface area contributed by atoms with Crippen molar-refractivity contribution in [3.63, 3.8) is 0 Å². The Morgan fingerprint density at radius 3 is 2.54 bits per heavy atom. The molecule has 2 heterocycles. The molecule has 1 atom stereocenters. The molecule has 0 saturated heterocycles. The number of thioether (sulfide) groups is 1. The maximum atomic E-state index is 13.2. The lowest BCUT2D eigenvalue weighted by atomic mass is 9.85. The highest BCUT2D eigenvalue weighted by Crippen LogP contribution is 2.46. The molecule has 3 aromatic rings. The van der Waals surface area contributed by atoms with Crippen LogP contribution in [-0.4, -0.2) is 41.9 Å². The Bertz CT molecular complexity index is 1320. The van der Waals surface area contributed by atoms with E-state index in [0.717, 1.165) is 29.9 Å². The molecule has 0 amide bonds. The summed E-state index contributed by atoms with van der Waals surface area (Å²) < 4.78 is 18.6. The van der Waals surface area contributed by atoms with Crippen LogP contribution in [0.1, 0.15) is 42.0 Å². The fraction of sp³-hybridized carbons (Fsp3) is 0.346. The van der Waals surface area contributed by atoms with Crippen molar-refractivity contribution in [3.05, 3.63) is 64.4 Å². The summed E-state index contributed by atoms with van der Waals surface area (Å²) in [5, 5.41) is 8.88. The maximum Gasteiger partial charge on any atom is 0.227 e. The highest BCUT2D eigenvalue weighted by molar-refractivity contribution is 7.98. The summed E-state index contributed by atoms with van der Waals surface area (Å²) in [5.74, 6) is 3.19. The number of aromatic nitrogens is 3. The first-order valence-electron chi connectivity index (χ1n) is 11.5. The van der Waals surface area contributed by atoms with Crippen LogP contribution >= 0.6 is 11.8 Å². The van der Waals surface area contributed by atoms with Crippen molar-refractivity contribution >= 4 is 23.5 Å². The lowest BCUT2D eigenvalue weighted by Gasteiger charge is -2.33. The number of hydrogen-bond donors (Lipinski definition) is 1. The quantitative estimate of drug-likeness (QED) is 0.465. The number of fused-ring (bicyclic) bond motifs is 1. The fourth-order valence-electron chi connectivity index (χ4n) is 4.67. The largest absolute Gasteiger partial charge is 0.496 e. The molecule has 1 unspecified atom stereocenters. The first-order chi connectivity index (χ1) is 17.0. The predicted molar refractivity (Wildman–Crippen MR) is 135 cm³/mol. The third-order valence-electron chi connectivity index (χ3n) is 6.50. The van der Waals surface area contributed by atoms with Crippen LogP contribution in [0, 0.1) is 6.92 Å². The van der Waals surface area contributed by atoms with E-state index >= 15 is 0 Å². The molecule has 8 nitrogen and oxygen atoms in total. The topological polar surface area (TPSA) is 87.5 Å². The molecule has 0 radical (unpaired) electrons. The second kappa shape index (κ2) is 9.65. The van der Waals surface area contributed by atoms with Gasteiger partial charge in [0.15, 0.2) is 17.3 Å². The number of benzene rings is 2. The molecule has 1 aromatic heterocycles. The van der Waals surface area contributed by atoms with E-state index in [1.54, 1.807) is 43.8 Å². The Balaban J connectivity index is 1.59.